The van der Waals surface area contributed by atoms with Crippen LogP contribution < -0.4 is 15.8 Å². The first kappa shape index (κ1) is 22.0. The standard InChI is InChI=1S/C23H23N3O4S/c1-16-10-8-9-15-19(16)31(29,30)26-23(28)25-21(22(24)27)20(17-11-4-2-5-12-17)18-13-6-3-7-14-18/h2-15,20-21H,1H3,(H2,24,27)(H2,25,26,28). The Balaban J connectivity index is 1.91. The van der Waals surface area contributed by atoms with Gasteiger partial charge in [-0.05, 0) is 29.7 Å². The minimum atomic E-state index is -4.13. The molecule has 0 aromatic heterocycles. The van der Waals surface area contributed by atoms with Gasteiger partial charge in [-0.1, -0.05) is 78.9 Å². The molecule has 31 heavy (non-hydrogen) atoms. The average molecular weight is 438 g/mol. The number of carbonyl (C=O) groups is 2. The predicted molar refractivity (Wildman–Crippen MR) is 118 cm³/mol. The molecular weight excluding hydrogens is 414 g/mol. The summed E-state index contributed by atoms with van der Waals surface area (Å²) in [5, 5.41) is 2.46. The first-order chi connectivity index (χ1) is 14.8. The van der Waals surface area contributed by atoms with E-state index < -0.39 is 33.9 Å². The number of aryl methyl sites for hydroxylation is 1. The molecule has 3 aromatic carbocycles. The van der Waals surface area contributed by atoms with E-state index in [9.17, 15) is 18.0 Å². The molecular formula is C23H23N3O4S. The normalized spacial score (nSPS) is 12.2. The quantitative estimate of drug-likeness (QED) is 0.526. The lowest BCUT2D eigenvalue weighted by Gasteiger charge is -2.26. The maximum Gasteiger partial charge on any atom is 0.329 e. The lowest BCUT2D eigenvalue weighted by atomic mass is 9.84. The molecule has 0 aliphatic heterocycles. The van der Waals surface area contributed by atoms with Crippen molar-refractivity contribution in [2.24, 2.45) is 5.73 Å². The number of nitrogens with two attached hydrogens (primary N) is 1. The van der Waals surface area contributed by atoms with Crippen LogP contribution in [0.4, 0.5) is 4.79 Å². The highest BCUT2D eigenvalue weighted by atomic mass is 32.2. The molecule has 7 nitrogen and oxygen atoms in total. The van der Waals surface area contributed by atoms with Crippen LogP contribution in [0.1, 0.15) is 22.6 Å². The molecule has 0 aliphatic rings. The number of hydrogen-bond donors (Lipinski definition) is 3. The number of rotatable bonds is 7. The minimum Gasteiger partial charge on any atom is -0.368 e. The number of hydrogen-bond acceptors (Lipinski definition) is 4. The zero-order valence-corrected chi connectivity index (χ0v) is 17.7. The van der Waals surface area contributed by atoms with Crippen LogP contribution in [-0.2, 0) is 14.8 Å². The number of sulfonamides is 1. The van der Waals surface area contributed by atoms with Gasteiger partial charge in [0.15, 0.2) is 0 Å². The second-order valence-corrected chi connectivity index (χ2v) is 8.67. The summed E-state index contributed by atoms with van der Waals surface area (Å²) in [6, 6.07) is 22.2. The molecule has 0 saturated carbocycles. The number of urea groups is 1. The molecule has 1 unspecified atom stereocenters. The molecule has 3 aromatic rings. The Hall–Kier alpha value is -3.65. The van der Waals surface area contributed by atoms with E-state index in [0.29, 0.717) is 5.56 Å². The van der Waals surface area contributed by atoms with Crippen molar-refractivity contribution < 1.29 is 18.0 Å². The van der Waals surface area contributed by atoms with Crippen LogP contribution in [0.5, 0.6) is 0 Å². The molecule has 0 radical (unpaired) electrons. The summed E-state index contributed by atoms with van der Waals surface area (Å²) >= 11 is 0. The van der Waals surface area contributed by atoms with Crippen LogP contribution in [0.15, 0.2) is 89.8 Å². The van der Waals surface area contributed by atoms with Gasteiger partial charge in [0.05, 0.1) is 4.90 Å². The first-order valence-electron chi connectivity index (χ1n) is 9.58. The largest absolute Gasteiger partial charge is 0.368 e. The van der Waals surface area contributed by atoms with Crippen molar-refractivity contribution in [3.8, 4) is 0 Å². The Bertz CT molecular complexity index is 1130. The van der Waals surface area contributed by atoms with Crippen molar-refractivity contribution in [1.29, 1.82) is 0 Å². The van der Waals surface area contributed by atoms with Gasteiger partial charge in [0, 0.05) is 5.92 Å². The molecule has 0 saturated heterocycles. The van der Waals surface area contributed by atoms with E-state index >= 15 is 0 Å². The Labute approximate surface area is 181 Å². The molecule has 4 N–H and O–H groups in total. The SMILES string of the molecule is Cc1ccccc1S(=O)(=O)NC(=O)NC(C(N)=O)C(c1ccccc1)c1ccccc1. The molecule has 0 fully saturated rings. The van der Waals surface area contributed by atoms with Gasteiger partial charge in [0.25, 0.3) is 10.0 Å². The fourth-order valence-electron chi connectivity index (χ4n) is 3.42. The molecule has 3 amide bonds. The number of carbonyl (C=O) groups excluding carboxylic acids is 2. The second-order valence-electron chi connectivity index (χ2n) is 7.02. The van der Waals surface area contributed by atoms with Crippen molar-refractivity contribution >= 4 is 22.0 Å². The summed E-state index contributed by atoms with van der Waals surface area (Å²) in [4.78, 5) is 24.9. The summed E-state index contributed by atoms with van der Waals surface area (Å²) in [7, 11) is -4.13. The molecule has 0 bridgehead atoms. The Kier molecular flexibility index (Phi) is 6.71. The van der Waals surface area contributed by atoms with Crippen molar-refractivity contribution in [2.45, 2.75) is 23.8 Å². The maximum absolute atomic E-state index is 12.6. The van der Waals surface area contributed by atoms with Gasteiger partial charge in [-0.2, -0.15) is 0 Å². The Morgan fingerprint density at radius 2 is 1.29 bits per heavy atom. The van der Waals surface area contributed by atoms with Crippen LogP contribution in [-0.4, -0.2) is 26.4 Å². The van der Waals surface area contributed by atoms with Crippen LogP contribution in [0, 0.1) is 6.92 Å². The van der Waals surface area contributed by atoms with Gasteiger partial charge in [-0.15, -0.1) is 0 Å². The van der Waals surface area contributed by atoms with E-state index in [2.05, 4.69) is 5.32 Å². The number of benzene rings is 3. The van der Waals surface area contributed by atoms with Gasteiger partial charge < -0.3 is 11.1 Å². The fraction of sp³-hybridized carbons (Fsp3) is 0.130. The maximum atomic E-state index is 12.6. The fourth-order valence-corrected chi connectivity index (χ4v) is 4.59. The van der Waals surface area contributed by atoms with Gasteiger partial charge >= 0.3 is 6.03 Å². The highest BCUT2D eigenvalue weighted by Crippen LogP contribution is 2.28. The zero-order valence-electron chi connectivity index (χ0n) is 16.9. The lowest BCUT2D eigenvalue weighted by Crippen LogP contribution is -2.52. The summed E-state index contributed by atoms with van der Waals surface area (Å²) < 4.78 is 27.2. The molecule has 8 heteroatoms. The summed E-state index contributed by atoms with van der Waals surface area (Å²) in [6.45, 7) is 1.62. The van der Waals surface area contributed by atoms with E-state index in [-0.39, 0.29) is 4.90 Å². The third-order valence-electron chi connectivity index (χ3n) is 4.85. The minimum absolute atomic E-state index is 0.0246. The lowest BCUT2D eigenvalue weighted by molar-refractivity contribution is -0.120. The van der Waals surface area contributed by atoms with E-state index in [0.717, 1.165) is 11.1 Å². The number of amides is 3. The van der Waals surface area contributed by atoms with E-state index in [1.54, 1.807) is 25.1 Å². The summed E-state index contributed by atoms with van der Waals surface area (Å²) in [6.07, 6.45) is 0. The molecule has 0 spiro atoms. The van der Waals surface area contributed by atoms with Crippen molar-refractivity contribution in [2.75, 3.05) is 0 Å². The average Bonchev–Trinajstić information content (AvgIpc) is 2.74. The summed E-state index contributed by atoms with van der Waals surface area (Å²) in [5.41, 5.74) is 7.61. The van der Waals surface area contributed by atoms with Crippen LogP contribution in [0.2, 0.25) is 0 Å². The summed E-state index contributed by atoms with van der Waals surface area (Å²) in [5.74, 6) is -1.40. The van der Waals surface area contributed by atoms with Crippen molar-refractivity contribution in [3.63, 3.8) is 0 Å². The van der Waals surface area contributed by atoms with Gasteiger partial charge in [0.1, 0.15) is 6.04 Å². The van der Waals surface area contributed by atoms with Crippen LogP contribution in [0.25, 0.3) is 0 Å². The Morgan fingerprint density at radius 3 is 1.77 bits per heavy atom. The first-order valence-corrected chi connectivity index (χ1v) is 11.1. The second kappa shape index (κ2) is 9.44. The van der Waals surface area contributed by atoms with Gasteiger partial charge in [0.2, 0.25) is 5.91 Å². The third kappa shape index (κ3) is 5.29. The molecule has 160 valence electrons. The molecule has 3 rings (SSSR count). The number of primary amides is 1. The van der Waals surface area contributed by atoms with Crippen molar-refractivity contribution in [1.82, 2.24) is 10.0 Å². The van der Waals surface area contributed by atoms with Crippen molar-refractivity contribution in [3.05, 3.63) is 102 Å². The Morgan fingerprint density at radius 1 is 0.806 bits per heavy atom. The van der Waals surface area contributed by atoms with Gasteiger partial charge in [-0.25, -0.2) is 17.9 Å². The van der Waals surface area contributed by atoms with E-state index in [1.165, 1.54) is 6.07 Å². The number of nitrogens with one attached hydrogen (secondary N) is 2. The topological polar surface area (TPSA) is 118 Å². The van der Waals surface area contributed by atoms with E-state index in [1.807, 2.05) is 65.4 Å². The van der Waals surface area contributed by atoms with E-state index in [4.69, 9.17) is 5.73 Å². The molecule has 1 atom stereocenters. The molecule has 0 aliphatic carbocycles. The predicted octanol–water partition coefficient (Wildman–Crippen LogP) is 2.67. The smallest absolute Gasteiger partial charge is 0.329 e. The monoisotopic (exact) mass is 437 g/mol. The highest BCUT2D eigenvalue weighted by molar-refractivity contribution is 7.90. The third-order valence-corrected chi connectivity index (χ3v) is 6.35. The van der Waals surface area contributed by atoms with Crippen LogP contribution in [0.3, 0.4) is 0 Å². The highest BCUT2D eigenvalue weighted by Gasteiger charge is 2.32. The van der Waals surface area contributed by atoms with Gasteiger partial charge in [-0.3, -0.25) is 4.79 Å². The zero-order chi connectivity index (χ0) is 22.4. The molecule has 0 heterocycles. The van der Waals surface area contributed by atoms with Crippen LogP contribution >= 0.6 is 0 Å².